The molecule has 2 aromatic carbocycles. The Morgan fingerprint density at radius 2 is 1.87 bits per heavy atom. The van der Waals surface area contributed by atoms with Gasteiger partial charge < -0.3 is 24.3 Å². The number of hydrogen-bond acceptors (Lipinski definition) is 8. The average Bonchev–Trinajstić information content (AvgIpc) is 3.58. The van der Waals surface area contributed by atoms with Gasteiger partial charge in [-0.3, -0.25) is 4.79 Å². The summed E-state index contributed by atoms with van der Waals surface area (Å²) in [5.41, 5.74) is 4.82. The predicted octanol–water partition coefficient (Wildman–Crippen LogP) is 5.26. The van der Waals surface area contributed by atoms with E-state index in [4.69, 9.17) is 14.7 Å². The molecule has 0 radical (unpaired) electrons. The van der Waals surface area contributed by atoms with E-state index in [1.54, 1.807) is 4.90 Å². The fourth-order valence-electron chi connectivity index (χ4n) is 8.08. The zero-order valence-electron chi connectivity index (χ0n) is 27.1. The maximum Gasteiger partial charge on any atom is 0.318 e. The molecule has 1 aromatic heterocycles. The number of nitriles is 1. The lowest BCUT2D eigenvalue weighted by molar-refractivity contribution is -0.128. The third kappa shape index (κ3) is 5.91. The summed E-state index contributed by atoms with van der Waals surface area (Å²) in [5, 5.41) is 12.1. The van der Waals surface area contributed by atoms with E-state index in [1.807, 2.05) is 0 Å². The van der Waals surface area contributed by atoms with Crippen molar-refractivity contribution in [3.8, 4) is 12.1 Å². The molecular formula is C37H45N7O2. The van der Waals surface area contributed by atoms with Crippen LogP contribution in [0.2, 0.25) is 0 Å². The van der Waals surface area contributed by atoms with Crippen LogP contribution in [0.5, 0.6) is 6.01 Å². The average molecular weight is 620 g/mol. The molecule has 1 amide bonds. The van der Waals surface area contributed by atoms with E-state index in [9.17, 15) is 10.1 Å². The van der Waals surface area contributed by atoms with Gasteiger partial charge in [0.1, 0.15) is 5.82 Å². The number of benzene rings is 2. The van der Waals surface area contributed by atoms with Crippen LogP contribution in [0.25, 0.3) is 10.8 Å². The fourth-order valence-corrected chi connectivity index (χ4v) is 8.08. The van der Waals surface area contributed by atoms with Crippen LogP contribution >= 0.6 is 0 Å². The number of anilines is 2. The molecule has 1 atom stereocenters. The molecule has 46 heavy (non-hydrogen) atoms. The molecule has 240 valence electrons. The zero-order chi connectivity index (χ0) is 31.7. The quantitative estimate of drug-likeness (QED) is 0.300. The van der Waals surface area contributed by atoms with Crippen molar-refractivity contribution in [3.05, 3.63) is 65.9 Å². The van der Waals surface area contributed by atoms with Crippen molar-refractivity contribution < 1.29 is 9.53 Å². The standard InChI is InChI=1S/C37H45N7O2/c1-3-33(45)44-22-21-43(23-29(44)13-17-38)35-30-14-20-42(32-12-7-11-28-10-6-9-27(2)34(28)32)24-31(30)39-36(40-35)46-26-37(15-8-16-37)25-41-18-4-5-19-41/h3,6-7,9-12,29H,1,4-5,8,13-16,18-26H2,2H3. The number of carbonyl (C=O) groups excluding carboxylic acids is 1. The van der Waals surface area contributed by atoms with Gasteiger partial charge >= 0.3 is 6.01 Å². The second-order valence-electron chi connectivity index (χ2n) is 13.7. The maximum atomic E-state index is 12.6. The molecule has 3 aliphatic heterocycles. The largest absolute Gasteiger partial charge is 0.463 e. The molecule has 9 heteroatoms. The minimum atomic E-state index is -0.225. The van der Waals surface area contributed by atoms with Gasteiger partial charge in [0.15, 0.2) is 0 Å². The Bertz CT molecular complexity index is 1650. The molecule has 4 heterocycles. The van der Waals surface area contributed by atoms with Gasteiger partial charge in [0, 0.05) is 54.8 Å². The van der Waals surface area contributed by atoms with Gasteiger partial charge in [0.25, 0.3) is 0 Å². The first-order valence-corrected chi connectivity index (χ1v) is 17.0. The first-order chi connectivity index (χ1) is 22.5. The Balaban J connectivity index is 1.21. The van der Waals surface area contributed by atoms with Crippen LogP contribution in [0.1, 0.15) is 55.3 Å². The first-order valence-electron chi connectivity index (χ1n) is 17.0. The predicted molar refractivity (Wildman–Crippen MR) is 181 cm³/mol. The van der Waals surface area contributed by atoms with Gasteiger partial charge in [-0.15, -0.1) is 0 Å². The van der Waals surface area contributed by atoms with Crippen LogP contribution in [-0.2, 0) is 17.8 Å². The molecule has 4 aliphatic rings. The molecule has 3 fully saturated rings. The summed E-state index contributed by atoms with van der Waals surface area (Å²) in [6.45, 7) is 13.2. The van der Waals surface area contributed by atoms with Gasteiger partial charge in [-0.25, -0.2) is 0 Å². The van der Waals surface area contributed by atoms with Crippen LogP contribution in [0, 0.1) is 23.7 Å². The van der Waals surface area contributed by atoms with Crippen molar-refractivity contribution in [1.82, 2.24) is 19.8 Å². The van der Waals surface area contributed by atoms with E-state index in [-0.39, 0.29) is 23.8 Å². The molecule has 0 spiro atoms. The van der Waals surface area contributed by atoms with Crippen LogP contribution < -0.4 is 14.5 Å². The normalized spacial score (nSPS) is 21.0. The molecule has 1 aliphatic carbocycles. The van der Waals surface area contributed by atoms with Crippen molar-refractivity contribution in [1.29, 1.82) is 5.26 Å². The number of aromatic nitrogens is 2. The number of amides is 1. The van der Waals surface area contributed by atoms with Gasteiger partial charge in [0.2, 0.25) is 5.91 Å². The Morgan fingerprint density at radius 1 is 1.07 bits per heavy atom. The molecule has 9 nitrogen and oxygen atoms in total. The Kier molecular flexibility index (Phi) is 8.56. The first kappa shape index (κ1) is 30.5. The molecule has 1 unspecified atom stereocenters. The van der Waals surface area contributed by atoms with Crippen LogP contribution in [0.4, 0.5) is 11.5 Å². The van der Waals surface area contributed by atoms with Gasteiger partial charge in [0.05, 0.1) is 37.4 Å². The van der Waals surface area contributed by atoms with Gasteiger partial charge in [-0.05, 0) is 75.2 Å². The maximum absolute atomic E-state index is 12.6. The summed E-state index contributed by atoms with van der Waals surface area (Å²) in [6.07, 6.45) is 8.62. The van der Waals surface area contributed by atoms with Crippen LogP contribution in [0.15, 0.2) is 49.1 Å². The van der Waals surface area contributed by atoms with Crippen LogP contribution in [0.3, 0.4) is 0 Å². The smallest absolute Gasteiger partial charge is 0.318 e. The molecule has 1 saturated carbocycles. The number of aryl methyl sites for hydroxylation is 1. The number of piperazine rings is 1. The highest BCUT2D eigenvalue weighted by atomic mass is 16.5. The number of carbonyl (C=O) groups is 1. The van der Waals surface area contributed by atoms with Gasteiger partial charge in [-0.1, -0.05) is 43.3 Å². The van der Waals surface area contributed by atoms with Crippen LogP contribution in [-0.4, -0.2) is 84.1 Å². The van der Waals surface area contributed by atoms with Crippen molar-refractivity contribution in [2.75, 3.05) is 62.2 Å². The zero-order valence-corrected chi connectivity index (χ0v) is 27.1. The summed E-state index contributed by atoms with van der Waals surface area (Å²) < 4.78 is 6.58. The highest BCUT2D eigenvalue weighted by Gasteiger charge is 2.40. The molecule has 0 bridgehead atoms. The van der Waals surface area contributed by atoms with E-state index < -0.39 is 0 Å². The fraction of sp³-hybridized carbons (Fsp3) is 0.514. The summed E-state index contributed by atoms with van der Waals surface area (Å²) in [4.78, 5) is 31.9. The molecule has 0 N–H and O–H groups in total. The number of fused-ring (bicyclic) bond motifs is 2. The van der Waals surface area contributed by atoms with E-state index in [0.717, 1.165) is 36.6 Å². The SMILES string of the molecule is C=CC(=O)N1CCN(c2nc(OCC3(CN4CCCC4)CCC3)nc3c2CCN(c2cccc4cccc(C)c24)C3)CC1CC#N. The Hall–Kier alpha value is -4.16. The number of likely N-dealkylation sites (tertiary alicyclic amines) is 1. The highest BCUT2D eigenvalue weighted by molar-refractivity contribution is 5.97. The van der Waals surface area contributed by atoms with E-state index >= 15 is 0 Å². The van der Waals surface area contributed by atoms with E-state index in [0.29, 0.717) is 38.8 Å². The van der Waals surface area contributed by atoms with E-state index in [2.05, 4.69) is 70.7 Å². The van der Waals surface area contributed by atoms with Crippen molar-refractivity contribution in [2.45, 2.75) is 64.5 Å². The topological polar surface area (TPSA) is 88.8 Å². The third-order valence-corrected chi connectivity index (χ3v) is 10.7. The lowest BCUT2D eigenvalue weighted by Gasteiger charge is -2.44. The number of hydrogen-bond donors (Lipinski definition) is 0. The number of rotatable bonds is 9. The lowest BCUT2D eigenvalue weighted by atomic mass is 9.69. The number of nitrogens with zero attached hydrogens (tertiary/aromatic N) is 7. The summed E-state index contributed by atoms with van der Waals surface area (Å²) in [5.74, 6) is 0.767. The molecular weight excluding hydrogens is 574 g/mol. The van der Waals surface area contributed by atoms with Crippen molar-refractivity contribution >= 4 is 28.2 Å². The van der Waals surface area contributed by atoms with E-state index in [1.165, 1.54) is 73.3 Å². The monoisotopic (exact) mass is 619 g/mol. The Labute approximate surface area is 272 Å². The molecule has 2 saturated heterocycles. The minimum Gasteiger partial charge on any atom is -0.463 e. The van der Waals surface area contributed by atoms with Crippen molar-refractivity contribution in [3.63, 3.8) is 0 Å². The number of ether oxygens (including phenoxy) is 1. The summed E-state index contributed by atoms with van der Waals surface area (Å²) in [7, 11) is 0. The highest BCUT2D eigenvalue weighted by Crippen LogP contribution is 2.43. The minimum absolute atomic E-state index is 0.126. The molecule has 7 rings (SSSR count). The Morgan fingerprint density at radius 3 is 2.61 bits per heavy atom. The second-order valence-corrected chi connectivity index (χ2v) is 13.7. The van der Waals surface area contributed by atoms with Gasteiger partial charge in [-0.2, -0.15) is 15.2 Å². The summed E-state index contributed by atoms with van der Waals surface area (Å²) >= 11 is 0. The van der Waals surface area contributed by atoms with Crippen molar-refractivity contribution in [2.24, 2.45) is 5.41 Å². The lowest BCUT2D eigenvalue weighted by Crippen LogP contribution is -2.55. The molecule has 3 aromatic rings. The summed E-state index contributed by atoms with van der Waals surface area (Å²) in [6, 6.07) is 15.5. The third-order valence-electron chi connectivity index (χ3n) is 10.7. The second kappa shape index (κ2) is 12.9.